The van der Waals surface area contributed by atoms with E-state index in [0.717, 1.165) is 30.7 Å². The predicted octanol–water partition coefficient (Wildman–Crippen LogP) is 5.19. The van der Waals surface area contributed by atoms with E-state index in [-0.39, 0.29) is 30.4 Å². The number of piperidine rings is 1. The van der Waals surface area contributed by atoms with E-state index in [1.165, 1.54) is 6.07 Å². The van der Waals surface area contributed by atoms with Crippen LogP contribution in [0.5, 0.6) is 5.88 Å². The van der Waals surface area contributed by atoms with Gasteiger partial charge in [0.05, 0.1) is 17.2 Å². The number of halogens is 3. The van der Waals surface area contributed by atoms with Crippen molar-refractivity contribution >= 4 is 5.91 Å². The number of aryl methyl sites for hydroxylation is 1. The van der Waals surface area contributed by atoms with Crippen LogP contribution < -0.4 is 4.74 Å². The van der Waals surface area contributed by atoms with Gasteiger partial charge in [0.15, 0.2) is 5.82 Å². The number of hydrogen-bond acceptors (Lipinski definition) is 5. The summed E-state index contributed by atoms with van der Waals surface area (Å²) in [5.41, 5.74) is 1.18. The highest BCUT2D eigenvalue weighted by Crippen LogP contribution is 2.31. The number of carbonyl (C=O) groups excluding carboxylic acids is 1. The fourth-order valence-electron chi connectivity index (χ4n) is 4.28. The first kappa shape index (κ1) is 23.7. The van der Waals surface area contributed by atoms with Crippen LogP contribution in [0.1, 0.15) is 41.3 Å². The number of pyridine rings is 1. The van der Waals surface area contributed by atoms with Gasteiger partial charge in [0, 0.05) is 36.8 Å². The van der Waals surface area contributed by atoms with Crippen molar-refractivity contribution < 1.29 is 22.7 Å². The Bertz CT molecular complexity index is 1140. The van der Waals surface area contributed by atoms with Gasteiger partial charge in [-0.05, 0) is 43.4 Å². The molecular weight excluding hydrogens is 445 g/mol. The van der Waals surface area contributed by atoms with Gasteiger partial charge in [-0.1, -0.05) is 25.1 Å². The van der Waals surface area contributed by atoms with E-state index in [9.17, 15) is 18.0 Å². The molecule has 1 aromatic carbocycles. The third-order valence-corrected chi connectivity index (χ3v) is 6.14. The molecule has 2 aromatic heterocycles. The molecule has 1 amide bonds. The van der Waals surface area contributed by atoms with Crippen LogP contribution in [0.3, 0.4) is 0 Å². The number of rotatable bonds is 5. The molecule has 3 aromatic rings. The lowest BCUT2D eigenvalue weighted by molar-refractivity contribution is -0.137. The number of alkyl halides is 3. The highest BCUT2D eigenvalue weighted by Gasteiger charge is 2.35. The Balaban J connectivity index is 1.58. The van der Waals surface area contributed by atoms with Crippen LogP contribution in [0, 0.1) is 12.8 Å². The predicted molar refractivity (Wildman–Crippen MR) is 120 cm³/mol. The molecule has 0 N–H and O–H groups in total. The highest BCUT2D eigenvalue weighted by molar-refractivity contribution is 6.01. The van der Waals surface area contributed by atoms with E-state index in [4.69, 9.17) is 4.74 Å². The van der Waals surface area contributed by atoms with Crippen molar-refractivity contribution in [1.29, 1.82) is 0 Å². The molecule has 1 fully saturated rings. The SMILES string of the molecule is Cc1cccc(-c2ncccn2)c1C(=O)N1CCCC(C)C1COc1ccc(C(F)(F)F)cn1. The standard InChI is InChI=1S/C25H25F3N4O2/c1-16-7-4-13-32(20(16)15-34-21-10-9-18(14-31-21)25(26,27)28)24(33)22-17(2)6-3-8-19(22)23-29-11-5-12-30-23/h3,5-6,8-12,14,16,20H,4,7,13,15H2,1-2H3. The van der Waals surface area contributed by atoms with Crippen molar-refractivity contribution in [3.63, 3.8) is 0 Å². The topological polar surface area (TPSA) is 68.2 Å². The maximum Gasteiger partial charge on any atom is 0.417 e. The summed E-state index contributed by atoms with van der Waals surface area (Å²) in [5, 5.41) is 0. The number of carbonyl (C=O) groups is 1. The van der Waals surface area contributed by atoms with Crippen LogP contribution in [0.15, 0.2) is 55.0 Å². The average Bonchev–Trinajstić information content (AvgIpc) is 2.83. The Labute approximate surface area is 195 Å². The summed E-state index contributed by atoms with van der Waals surface area (Å²) in [4.78, 5) is 28.0. The lowest BCUT2D eigenvalue weighted by Crippen LogP contribution is -2.51. The van der Waals surface area contributed by atoms with Crippen LogP contribution >= 0.6 is 0 Å². The highest BCUT2D eigenvalue weighted by atomic mass is 19.4. The number of hydrogen-bond donors (Lipinski definition) is 0. The second-order valence-electron chi connectivity index (χ2n) is 8.45. The molecule has 1 saturated heterocycles. The van der Waals surface area contributed by atoms with Crippen molar-refractivity contribution in [3.05, 3.63) is 71.7 Å². The molecule has 0 aliphatic carbocycles. The van der Waals surface area contributed by atoms with Crippen LogP contribution in [-0.2, 0) is 6.18 Å². The Morgan fingerprint density at radius 1 is 1.12 bits per heavy atom. The zero-order valence-corrected chi connectivity index (χ0v) is 18.9. The third kappa shape index (κ3) is 5.03. The summed E-state index contributed by atoms with van der Waals surface area (Å²) in [6.07, 6.45) is 1.33. The molecule has 3 heterocycles. The maximum atomic E-state index is 13.8. The number of ether oxygens (including phenoxy) is 1. The summed E-state index contributed by atoms with van der Waals surface area (Å²) in [7, 11) is 0. The molecule has 0 radical (unpaired) electrons. The largest absolute Gasteiger partial charge is 0.475 e. The number of aromatic nitrogens is 3. The van der Waals surface area contributed by atoms with E-state index in [1.807, 2.05) is 32.0 Å². The van der Waals surface area contributed by atoms with Gasteiger partial charge in [-0.15, -0.1) is 0 Å². The number of likely N-dealkylation sites (tertiary alicyclic amines) is 1. The average molecular weight is 470 g/mol. The monoisotopic (exact) mass is 470 g/mol. The van der Waals surface area contributed by atoms with Gasteiger partial charge in [0.1, 0.15) is 6.61 Å². The second-order valence-corrected chi connectivity index (χ2v) is 8.45. The number of nitrogens with zero attached hydrogens (tertiary/aromatic N) is 4. The van der Waals surface area contributed by atoms with Gasteiger partial charge < -0.3 is 9.64 Å². The molecule has 2 unspecified atom stereocenters. The van der Waals surface area contributed by atoms with Crippen LogP contribution in [0.25, 0.3) is 11.4 Å². The molecule has 0 spiro atoms. The zero-order chi connectivity index (χ0) is 24.3. The van der Waals surface area contributed by atoms with E-state index < -0.39 is 11.7 Å². The minimum Gasteiger partial charge on any atom is -0.475 e. The van der Waals surface area contributed by atoms with Gasteiger partial charge in [0.2, 0.25) is 5.88 Å². The number of amides is 1. The molecule has 34 heavy (non-hydrogen) atoms. The smallest absolute Gasteiger partial charge is 0.417 e. The summed E-state index contributed by atoms with van der Waals surface area (Å²) in [6, 6.07) is 9.19. The van der Waals surface area contributed by atoms with Crippen LogP contribution in [0.4, 0.5) is 13.2 Å². The molecule has 1 aliphatic heterocycles. The molecule has 1 aliphatic rings. The van der Waals surface area contributed by atoms with Gasteiger partial charge >= 0.3 is 6.18 Å². The molecule has 9 heteroatoms. The normalized spacial score (nSPS) is 18.6. The van der Waals surface area contributed by atoms with E-state index in [0.29, 0.717) is 23.5 Å². The Hall–Kier alpha value is -3.49. The Morgan fingerprint density at radius 2 is 1.88 bits per heavy atom. The Morgan fingerprint density at radius 3 is 2.56 bits per heavy atom. The first-order valence-corrected chi connectivity index (χ1v) is 11.1. The molecule has 2 atom stereocenters. The molecular formula is C25H25F3N4O2. The van der Waals surface area contributed by atoms with Gasteiger partial charge in [-0.2, -0.15) is 13.2 Å². The van der Waals surface area contributed by atoms with Crippen LogP contribution in [-0.4, -0.2) is 45.0 Å². The van der Waals surface area contributed by atoms with E-state index in [1.54, 1.807) is 23.4 Å². The quantitative estimate of drug-likeness (QED) is 0.514. The summed E-state index contributed by atoms with van der Waals surface area (Å²) in [6.45, 7) is 4.62. The fourth-order valence-corrected chi connectivity index (χ4v) is 4.28. The van der Waals surface area contributed by atoms with Gasteiger partial charge in [0.25, 0.3) is 5.91 Å². The number of benzene rings is 1. The van der Waals surface area contributed by atoms with Crippen molar-refractivity contribution in [3.8, 4) is 17.3 Å². The molecule has 178 valence electrons. The van der Waals surface area contributed by atoms with E-state index in [2.05, 4.69) is 15.0 Å². The molecule has 6 nitrogen and oxygen atoms in total. The first-order chi connectivity index (χ1) is 16.3. The van der Waals surface area contributed by atoms with Gasteiger partial charge in [-0.3, -0.25) is 4.79 Å². The lowest BCUT2D eigenvalue weighted by atomic mass is 9.89. The minimum absolute atomic E-state index is 0.0902. The molecule has 4 rings (SSSR count). The van der Waals surface area contributed by atoms with Gasteiger partial charge in [-0.25, -0.2) is 15.0 Å². The third-order valence-electron chi connectivity index (χ3n) is 6.14. The summed E-state index contributed by atoms with van der Waals surface area (Å²) in [5.74, 6) is 0.572. The maximum absolute atomic E-state index is 13.8. The first-order valence-electron chi connectivity index (χ1n) is 11.1. The van der Waals surface area contributed by atoms with Crippen molar-refractivity contribution in [2.45, 2.75) is 38.9 Å². The summed E-state index contributed by atoms with van der Waals surface area (Å²) >= 11 is 0. The molecule has 0 bridgehead atoms. The molecule has 0 saturated carbocycles. The second kappa shape index (κ2) is 9.79. The van der Waals surface area contributed by atoms with Crippen molar-refractivity contribution in [2.24, 2.45) is 5.92 Å². The lowest BCUT2D eigenvalue weighted by Gasteiger charge is -2.40. The van der Waals surface area contributed by atoms with Crippen molar-refractivity contribution in [1.82, 2.24) is 19.9 Å². The van der Waals surface area contributed by atoms with E-state index >= 15 is 0 Å². The zero-order valence-electron chi connectivity index (χ0n) is 18.9. The Kier molecular flexibility index (Phi) is 6.81. The summed E-state index contributed by atoms with van der Waals surface area (Å²) < 4.78 is 44.2. The van der Waals surface area contributed by atoms with Crippen LogP contribution in [0.2, 0.25) is 0 Å². The fraction of sp³-hybridized carbons (Fsp3) is 0.360. The minimum atomic E-state index is -4.46. The van der Waals surface area contributed by atoms with Crippen molar-refractivity contribution in [2.75, 3.05) is 13.2 Å².